The maximum atomic E-state index is 9.80. The van der Waals surface area contributed by atoms with E-state index < -0.39 is 14.4 Å². The highest BCUT2D eigenvalue weighted by atomic mass is 28.4. The zero-order chi connectivity index (χ0) is 19.3. The normalized spacial score (nSPS) is 31.3. The van der Waals surface area contributed by atoms with Crippen molar-refractivity contribution in [3.8, 4) is 0 Å². The predicted octanol–water partition coefficient (Wildman–Crippen LogP) is 2.94. The SMILES string of the molecule is CCCC1OC(CO)C(OC)C(O[Si](C)(C)C(C)(C)C)C1OCOC. The van der Waals surface area contributed by atoms with Crippen molar-refractivity contribution >= 4 is 8.32 Å². The third kappa shape index (κ3) is 5.72. The summed E-state index contributed by atoms with van der Waals surface area (Å²) in [6.07, 6.45) is 0.246. The molecule has 1 aliphatic rings. The molecule has 1 heterocycles. The maximum Gasteiger partial charge on any atom is 0.192 e. The number of ether oxygens (including phenoxy) is 4. The summed E-state index contributed by atoms with van der Waals surface area (Å²) in [5.74, 6) is 0. The van der Waals surface area contributed by atoms with Crippen LogP contribution in [0.15, 0.2) is 0 Å². The minimum atomic E-state index is -2.06. The van der Waals surface area contributed by atoms with Gasteiger partial charge in [0, 0.05) is 14.2 Å². The largest absolute Gasteiger partial charge is 0.408 e. The molecule has 1 rings (SSSR count). The van der Waals surface area contributed by atoms with Crippen molar-refractivity contribution in [3.05, 3.63) is 0 Å². The van der Waals surface area contributed by atoms with E-state index in [1.807, 2.05) is 0 Å². The molecule has 5 unspecified atom stereocenters. The Hall–Kier alpha value is -0.0231. The number of hydrogen-bond acceptors (Lipinski definition) is 6. The molecule has 1 N–H and O–H groups in total. The van der Waals surface area contributed by atoms with Crippen LogP contribution in [0, 0.1) is 0 Å². The summed E-state index contributed by atoms with van der Waals surface area (Å²) in [4.78, 5) is 0. The van der Waals surface area contributed by atoms with E-state index in [9.17, 15) is 5.11 Å². The molecule has 0 bridgehead atoms. The molecule has 0 spiro atoms. The van der Waals surface area contributed by atoms with Crippen molar-refractivity contribution in [1.29, 1.82) is 0 Å². The lowest BCUT2D eigenvalue weighted by atomic mass is 9.92. The molecule has 0 aromatic heterocycles. The van der Waals surface area contributed by atoms with Crippen LogP contribution in [-0.2, 0) is 23.4 Å². The average molecular weight is 379 g/mol. The van der Waals surface area contributed by atoms with Crippen LogP contribution in [-0.4, -0.2) is 71.6 Å². The Morgan fingerprint density at radius 1 is 1.04 bits per heavy atom. The second-order valence-electron chi connectivity index (χ2n) is 8.27. The number of methoxy groups -OCH3 is 2. The molecule has 5 atom stereocenters. The van der Waals surface area contributed by atoms with Gasteiger partial charge in [0.15, 0.2) is 8.32 Å². The second kappa shape index (κ2) is 9.78. The highest BCUT2D eigenvalue weighted by Gasteiger charge is 2.51. The topological polar surface area (TPSA) is 66.4 Å². The molecule has 7 heteroatoms. The monoisotopic (exact) mass is 378 g/mol. The molecule has 0 saturated carbocycles. The fourth-order valence-electron chi connectivity index (χ4n) is 2.94. The van der Waals surface area contributed by atoms with Crippen molar-refractivity contribution in [1.82, 2.24) is 0 Å². The zero-order valence-corrected chi connectivity index (χ0v) is 18.2. The summed E-state index contributed by atoms with van der Waals surface area (Å²) >= 11 is 0. The first-order valence-corrected chi connectivity index (χ1v) is 12.1. The predicted molar refractivity (Wildman–Crippen MR) is 100 cm³/mol. The molecule has 0 aliphatic carbocycles. The van der Waals surface area contributed by atoms with Gasteiger partial charge in [-0.25, -0.2) is 0 Å². The highest BCUT2D eigenvalue weighted by molar-refractivity contribution is 6.74. The molecular formula is C18H38O6Si. The summed E-state index contributed by atoms with van der Waals surface area (Å²) < 4.78 is 29.6. The van der Waals surface area contributed by atoms with Crippen molar-refractivity contribution in [2.75, 3.05) is 27.6 Å². The Balaban J connectivity index is 3.17. The summed E-state index contributed by atoms with van der Waals surface area (Å²) in [7, 11) is 1.17. The quantitative estimate of drug-likeness (QED) is 0.491. The van der Waals surface area contributed by atoms with Crippen LogP contribution in [0.1, 0.15) is 40.5 Å². The van der Waals surface area contributed by atoms with Gasteiger partial charge in [-0.15, -0.1) is 0 Å². The van der Waals surface area contributed by atoms with Gasteiger partial charge in [-0.05, 0) is 24.6 Å². The van der Waals surface area contributed by atoms with Crippen LogP contribution >= 0.6 is 0 Å². The molecule has 1 fully saturated rings. The molecule has 6 nitrogen and oxygen atoms in total. The highest BCUT2D eigenvalue weighted by Crippen LogP contribution is 2.40. The van der Waals surface area contributed by atoms with Crippen molar-refractivity contribution in [2.24, 2.45) is 0 Å². The first-order chi connectivity index (χ1) is 11.6. The second-order valence-corrected chi connectivity index (χ2v) is 13.0. The van der Waals surface area contributed by atoms with Crippen LogP contribution < -0.4 is 0 Å². The van der Waals surface area contributed by atoms with Gasteiger partial charge < -0.3 is 28.5 Å². The third-order valence-electron chi connectivity index (χ3n) is 5.37. The molecule has 0 aromatic carbocycles. The standard InChI is InChI=1S/C18H38O6Si/c1-9-10-13-16(22-12-20-5)17(15(21-6)14(11-19)23-13)24-25(7,8)18(2,3)4/h13-17,19H,9-12H2,1-8H3. The Kier molecular flexibility index (Phi) is 9.00. The first-order valence-electron chi connectivity index (χ1n) is 9.20. The summed E-state index contributed by atoms with van der Waals surface area (Å²) in [6, 6.07) is 0. The maximum absolute atomic E-state index is 9.80. The van der Waals surface area contributed by atoms with Gasteiger partial charge in [0.2, 0.25) is 0 Å². The van der Waals surface area contributed by atoms with Crippen molar-refractivity contribution in [2.45, 2.75) is 89.2 Å². The molecule has 0 amide bonds. The fraction of sp³-hybridized carbons (Fsp3) is 1.00. The molecule has 0 aromatic rings. The van der Waals surface area contributed by atoms with Gasteiger partial charge in [0.1, 0.15) is 31.2 Å². The lowest BCUT2D eigenvalue weighted by Crippen LogP contribution is -2.63. The minimum absolute atomic E-state index is 0.0599. The smallest absolute Gasteiger partial charge is 0.192 e. The number of hydrogen-bond donors (Lipinski definition) is 1. The molecule has 150 valence electrons. The van der Waals surface area contributed by atoms with E-state index in [1.165, 1.54) is 0 Å². The zero-order valence-electron chi connectivity index (χ0n) is 17.2. The van der Waals surface area contributed by atoms with Crippen molar-refractivity contribution < 1.29 is 28.5 Å². The minimum Gasteiger partial charge on any atom is -0.408 e. The van der Waals surface area contributed by atoms with Crippen LogP contribution in [0.4, 0.5) is 0 Å². The van der Waals surface area contributed by atoms with E-state index in [0.29, 0.717) is 0 Å². The molecule has 25 heavy (non-hydrogen) atoms. The van der Waals surface area contributed by atoms with E-state index in [2.05, 4.69) is 40.8 Å². The van der Waals surface area contributed by atoms with Crippen molar-refractivity contribution in [3.63, 3.8) is 0 Å². The fourth-order valence-corrected chi connectivity index (χ4v) is 4.24. The Morgan fingerprint density at radius 3 is 2.12 bits per heavy atom. The van der Waals surface area contributed by atoms with Gasteiger partial charge in [-0.2, -0.15) is 0 Å². The molecule has 1 aliphatic heterocycles. The van der Waals surface area contributed by atoms with Crippen LogP contribution in [0.3, 0.4) is 0 Å². The molecule has 1 saturated heterocycles. The van der Waals surface area contributed by atoms with Crippen LogP contribution in [0.25, 0.3) is 0 Å². The van der Waals surface area contributed by atoms with Gasteiger partial charge >= 0.3 is 0 Å². The molecular weight excluding hydrogens is 340 g/mol. The lowest BCUT2D eigenvalue weighted by Gasteiger charge is -2.49. The van der Waals surface area contributed by atoms with Gasteiger partial charge in [0.25, 0.3) is 0 Å². The number of aliphatic hydroxyl groups excluding tert-OH is 1. The Bertz CT molecular complexity index is 384. The van der Waals surface area contributed by atoms with E-state index in [1.54, 1.807) is 14.2 Å². The summed E-state index contributed by atoms with van der Waals surface area (Å²) in [5, 5.41) is 9.86. The van der Waals surface area contributed by atoms with E-state index in [4.69, 9.17) is 23.4 Å². The first kappa shape index (κ1) is 23.0. The van der Waals surface area contributed by atoms with Crippen LogP contribution in [0.2, 0.25) is 18.1 Å². The van der Waals surface area contributed by atoms with E-state index in [-0.39, 0.29) is 42.9 Å². The van der Waals surface area contributed by atoms with E-state index >= 15 is 0 Å². The van der Waals surface area contributed by atoms with Gasteiger partial charge in [-0.3, -0.25) is 0 Å². The number of aliphatic hydroxyl groups is 1. The summed E-state index contributed by atoms with van der Waals surface area (Å²) in [5.41, 5.74) is 0. The van der Waals surface area contributed by atoms with Crippen LogP contribution in [0.5, 0.6) is 0 Å². The van der Waals surface area contributed by atoms with Gasteiger partial charge in [0.05, 0.1) is 12.7 Å². The summed E-state index contributed by atoms with van der Waals surface area (Å²) in [6.45, 7) is 13.2. The van der Waals surface area contributed by atoms with Gasteiger partial charge in [-0.1, -0.05) is 34.1 Å². The number of rotatable bonds is 9. The van der Waals surface area contributed by atoms with E-state index in [0.717, 1.165) is 12.8 Å². The lowest BCUT2D eigenvalue weighted by molar-refractivity contribution is -0.258. The molecule has 0 radical (unpaired) electrons. The Labute approximate surface area is 154 Å². The average Bonchev–Trinajstić information content (AvgIpc) is 2.52. The third-order valence-corrected chi connectivity index (χ3v) is 9.84. The Morgan fingerprint density at radius 2 is 1.68 bits per heavy atom.